The number of carbonyl (C=O) groups excluding carboxylic acids is 1. The van der Waals surface area contributed by atoms with Crippen LogP contribution in [-0.2, 0) is 11.3 Å². The Kier molecular flexibility index (Phi) is 5.56. The first-order valence-corrected chi connectivity index (χ1v) is 7.19. The van der Waals surface area contributed by atoms with Crippen molar-refractivity contribution in [1.82, 2.24) is 10.3 Å². The molecule has 2 rings (SSSR count). The van der Waals surface area contributed by atoms with Crippen LogP contribution in [0.15, 0.2) is 36.4 Å². The van der Waals surface area contributed by atoms with Crippen molar-refractivity contribution in [3.63, 3.8) is 0 Å². The maximum atomic E-state index is 11.9. The molecule has 1 aromatic heterocycles. The molecule has 0 saturated heterocycles. The Hall–Kier alpha value is -1.62. The van der Waals surface area contributed by atoms with E-state index in [1.807, 2.05) is 25.1 Å². The van der Waals surface area contributed by atoms with E-state index in [4.69, 9.17) is 23.2 Å². The molecule has 0 aliphatic carbocycles. The predicted octanol–water partition coefficient (Wildman–Crippen LogP) is 3.43. The maximum Gasteiger partial charge on any atom is 0.238 e. The summed E-state index contributed by atoms with van der Waals surface area (Å²) in [6.07, 6.45) is 0. The molecule has 0 spiro atoms. The van der Waals surface area contributed by atoms with Crippen LogP contribution in [0.4, 0.5) is 5.69 Å². The molecule has 0 aliphatic heterocycles. The minimum atomic E-state index is -0.211. The van der Waals surface area contributed by atoms with Crippen LogP contribution in [0.25, 0.3) is 0 Å². The summed E-state index contributed by atoms with van der Waals surface area (Å²) in [6.45, 7) is 2.60. The van der Waals surface area contributed by atoms with Gasteiger partial charge in [-0.25, -0.2) is 0 Å². The number of benzene rings is 1. The summed E-state index contributed by atoms with van der Waals surface area (Å²) in [5, 5.41) is 6.54. The summed E-state index contributed by atoms with van der Waals surface area (Å²) in [7, 11) is 0. The monoisotopic (exact) mass is 323 g/mol. The zero-order valence-electron chi connectivity index (χ0n) is 11.5. The third-order valence-electron chi connectivity index (χ3n) is 2.76. The number of hydrogen-bond donors (Lipinski definition) is 2. The van der Waals surface area contributed by atoms with E-state index < -0.39 is 0 Å². The molecule has 1 aromatic carbocycles. The predicted molar refractivity (Wildman–Crippen MR) is 85.8 cm³/mol. The Morgan fingerprint density at radius 1 is 1.14 bits per heavy atom. The van der Waals surface area contributed by atoms with E-state index in [1.54, 1.807) is 18.2 Å². The van der Waals surface area contributed by atoms with Crippen LogP contribution in [0.5, 0.6) is 0 Å². The third-order valence-corrected chi connectivity index (χ3v) is 3.39. The van der Waals surface area contributed by atoms with Crippen LogP contribution in [-0.4, -0.2) is 17.4 Å². The number of halogens is 2. The summed E-state index contributed by atoms with van der Waals surface area (Å²) in [4.78, 5) is 16.2. The number of anilines is 1. The van der Waals surface area contributed by atoms with Crippen LogP contribution in [0, 0.1) is 6.92 Å². The number of rotatable bonds is 5. The molecule has 1 heterocycles. The normalized spacial score (nSPS) is 10.4. The van der Waals surface area contributed by atoms with Gasteiger partial charge in [0.15, 0.2) is 0 Å². The van der Waals surface area contributed by atoms with Crippen molar-refractivity contribution in [2.75, 3.05) is 11.9 Å². The smallest absolute Gasteiger partial charge is 0.238 e. The number of pyridine rings is 1. The molecule has 0 atom stereocenters. The molecule has 4 nitrogen and oxygen atoms in total. The highest BCUT2D eigenvalue weighted by atomic mass is 35.5. The minimum absolute atomic E-state index is 0.150. The second-order valence-corrected chi connectivity index (χ2v) is 5.33. The highest BCUT2D eigenvalue weighted by Crippen LogP contribution is 2.29. The Morgan fingerprint density at radius 2 is 1.81 bits per heavy atom. The number of nitrogens with zero attached hydrogens (tertiary/aromatic N) is 1. The number of para-hydroxylation sites is 1. The second-order valence-electron chi connectivity index (χ2n) is 4.52. The first-order valence-electron chi connectivity index (χ1n) is 6.43. The lowest BCUT2D eigenvalue weighted by molar-refractivity contribution is -0.115. The van der Waals surface area contributed by atoms with Crippen LogP contribution in [0.2, 0.25) is 10.0 Å². The van der Waals surface area contributed by atoms with Crippen LogP contribution in [0.1, 0.15) is 11.4 Å². The Bertz CT molecular complexity index is 626. The number of nitrogens with one attached hydrogen (secondary N) is 2. The van der Waals surface area contributed by atoms with Gasteiger partial charge in [-0.05, 0) is 31.2 Å². The lowest BCUT2D eigenvalue weighted by Gasteiger charge is -2.09. The zero-order chi connectivity index (χ0) is 15.2. The van der Waals surface area contributed by atoms with Gasteiger partial charge in [0.1, 0.15) is 0 Å². The maximum absolute atomic E-state index is 11.9. The van der Waals surface area contributed by atoms with Crippen molar-refractivity contribution < 1.29 is 4.79 Å². The van der Waals surface area contributed by atoms with Gasteiger partial charge < -0.3 is 10.6 Å². The topological polar surface area (TPSA) is 54.0 Å². The number of aryl methyl sites for hydroxylation is 1. The summed E-state index contributed by atoms with van der Waals surface area (Å²) in [5.41, 5.74) is 2.27. The van der Waals surface area contributed by atoms with Gasteiger partial charge in [-0.3, -0.25) is 9.78 Å². The van der Waals surface area contributed by atoms with Crippen molar-refractivity contribution in [2.45, 2.75) is 13.5 Å². The highest BCUT2D eigenvalue weighted by Gasteiger charge is 2.09. The van der Waals surface area contributed by atoms with E-state index in [0.717, 1.165) is 11.4 Å². The molecule has 0 bridgehead atoms. The van der Waals surface area contributed by atoms with Gasteiger partial charge in [0.2, 0.25) is 5.91 Å². The zero-order valence-corrected chi connectivity index (χ0v) is 13.0. The Labute approximate surface area is 133 Å². The van der Waals surface area contributed by atoms with E-state index in [2.05, 4.69) is 15.6 Å². The number of amides is 1. The average molecular weight is 324 g/mol. The molecule has 0 radical (unpaired) electrons. The van der Waals surface area contributed by atoms with Crippen molar-refractivity contribution >= 4 is 34.8 Å². The SMILES string of the molecule is Cc1cccc(CNCC(=O)Nc2c(Cl)cccc2Cl)n1. The summed E-state index contributed by atoms with van der Waals surface area (Å²) in [6, 6.07) is 10.8. The summed E-state index contributed by atoms with van der Waals surface area (Å²) >= 11 is 12.0. The van der Waals surface area contributed by atoms with Gasteiger partial charge in [-0.1, -0.05) is 35.3 Å². The molecule has 2 aromatic rings. The highest BCUT2D eigenvalue weighted by molar-refractivity contribution is 6.39. The van der Waals surface area contributed by atoms with E-state index in [9.17, 15) is 4.79 Å². The lowest BCUT2D eigenvalue weighted by atomic mass is 10.3. The number of aromatic nitrogens is 1. The van der Waals surface area contributed by atoms with Crippen molar-refractivity contribution in [3.8, 4) is 0 Å². The van der Waals surface area contributed by atoms with Gasteiger partial charge in [0.05, 0.1) is 28.0 Å². The number of hydrogen-bond acceptors (Lipinski definition) is 3. The third kappa shape index (κ3) is 4.70. The standard InChI is InChI=1S/C15H15Cl2N3O/c1-10-4-2-5-11(19-10)8-18-9-14(21)20-15-12(16)6-3-7-13(15)17/h2-7,18H,8-9H2,1H3,(H,20,21). The molecule has 0 fully saturated rings. The van der Waals surface area contributed by atoms with Crippen molar-refractivity contribution in [2.24, 2.45) is 0 Å². The van der Waals surface area contributed by atoms with E-state index in [1.165, 1.54) is 0 Å². The largest absolute Gasteiger partial charge is 0.322 e. The quantitative estimate of drug-likeness (QED) is 0.886. The Balaban J connectivity index is 1.85. The first kappa shape index (κ1) is 15.8. The minimum Gasteiger partial charge on any atom is -0.322 e. The Morgan fingerprint density at radius 3 is 2.48 bits per heavy atom. The molecule has 2 N–H and O–H groups in total. The van der Waals surface area contributed by atoms with Crippen LogP contribution >= 0.6 is 23.2 Å². The molecule has 110 valence electrons. The molecular weight excluding hydrogens is 309 g/mol. The fraction of sp³-hybridized carbons (Fsp3) is 0.200. The van der Waals surface area contributed by atoms with Gasteiger partial charge in [0, 0.05) is 12.2 Å². The molecule has 21 heavy (non-hydrogen) atoms. The summed E-state index contributed by atoms with van der Waals surface area (Å²) in [5.74, 6) is -0.211. The first-order chi connectivity index (χ1) is 10.1. The van der Waals surface area contributed by atoms with Gasteiger partial charge >= 0.3 is 0 Å². The molecule has 0 aliphatic rings. The van der Waals surface area contributed by atoms with E-state index in [-0.39, 0.29) is 12.5 Å². The van der Waals surface area contributed by atoms with Gasteiger partial charge in [0.25, 0.3) is 0 Å². The van der Waals surface area contributed by atoms with Crippen LogP contribution < -0.4 is 10.6 Å². The fourth-order valence-corrected chi connectivity index (χ4v) is 2.29. The average Bonchev–Trinajstić information content (AvgIpc) is 2.43. The van der Waals surface area contributed by atoms with Crippen molar-refractivity contribution in [1.29, 1.82) is 0 Å². The van der Waals surface area contributed by atoms with Crippen LogP contribution in [0.3, 0.4) is 0 Å². The number of carbonyl (C=O) groups is 1. The molecule has 1 amide bonds. The fourth-order valence-electron chi connectivity index (χ4n) is 1.80. The molecule has 6 heteroatoms. The van der Waals surface area contributed by atoms with Gasteiger partial charge in [-0.2, -0.15) is 0 Å². The molecular formula is C15H15Cl2N3O. The molecule has 0 unspecified atom stereocenters. The summed E-state index contributed by atoms with van der Waals surface area (Å²) < 4.78 is 0. The second kappa shape index (κ2) is 7.41. The van der Waals surface area contributed by atoms with Gasteiger partial charge in [-0.15, -0.1) is 0 Å². The van der Waals surface area contributed by atoms with E-state index in [0.29, 0.717) is 22.3 Å². The lowest BCUT2D eigenvalue weighted by Crippen LogP contribution is -2.28. The molecule has 0 saturated carbocycles. The van der Waals surface area contributed by atoms with Crippen molar-refractivity contribution in [3.05, 3.63) is 57.8 Å². The van der Waals surface area contributed by atoms with E-state index >= 15 is 0 Å².